The minimum atomic E-state index is -0.147. The number of thiophene rings is 1. The van der Waals surface area contributed by atoms with E-state index in [1.807, 2.05) is 60.1 Å². The molecule has 0 fully saturated rings. The molecule has 3 aromatic rings. The average Bonchev–Trinajstić information content (AvgIpc) is 3.28. The first-order valence-electron chi connectivity index (χ1n) is 7.65. The van der Waals surface area contributed by atoms with Crippen LogP contribution >= 0.6 is 22.7 Å². The molecular weight excluding hydrogens is 338 g/mol. The molecule has 3 rings (SSSR count). The number of aromatic nitrogens is 1. The number of nitrogens with zero attached hydrogens (tertiary/aromatic N) is 2. The second-order valence-corrected chi connectivity index (χ2v) is 6.98. The number of hydrogen-bond donors (Lipinski definition) is 1. The van der Waals surface area contributed by atoms with E-state index >= 15 is 0 Å². The van der Waals surface area contributed by atoms with Gasteiger partial charge in [-0.3, -0.25) is 4.79 Å². The maximum Gasteiger partial charge on any atom is 0.246 e. The molecule has 2 heterocycles. The highest BCUT2D eigenvalue weighted by Gasteiger charge is 2.09. The van der Waals surface area contributed by atoms with E-state index in [0.717, 1.165) is 33.3 Å². The first-order chi connectivity index (χ1) is 11.8. The molecule has 4 nitrogen and oxygen atoms in total. The molecule has 0 aliphatic heterocycles. The van der Waals surface area contributed by atoms with Crippen LogP contribution < -0.4 is 5.43 Å². The van der Waals surface area contributed by atoms with Crippen LogP contribution in [0.25, 0.3) is 11.3 Å². The van der Waals surface area contributed by atoms with Gasteiger partial charge in [0.05, 0.1) is 22.7 Å². The van der Waals surface area contributed by atoms with Crippen molar-refractivity contribution < 1.29 is 4.79 Å². The summed E-state index contributed by atoms with van der Waals surface area (Å²) in [6, 6.07) is 13.9. The zero-order valence-corrected chi connectivity index (χ0v) is 14.9. The van der Waals surface area contributed by atoms with Crippen molar-refractivity contribution in [3.8, 4) is 11.3 Å². The Morgan fingerprint density at radius 3 is 2.71 bits per heavy atom. The van der Waals surface area contributed by atoms with Crippen molar-refractivity contribution in [1.29, 1.82) is 0 Å². The van der Waals surface area contributed by atoms with Gasteiger partial charge in [-0.25, -0.2) is 10.4 Å². The zero-order chi connectivity index (χ0) is 16.8. The van der Waals surface area contributed by atoms with Crippen molar-refractivity contribution in [2.24, 2.45) is 5.10 Å². The summed E-state index contributed by atoms with van der Waals surface area (Å²) in [5, 5.41) is 9.02. The van der Waals surface area contributed by atoms with Gasteiger partial charge in [0.2, 0.25) is 5.91 Å². The van der Waals surface area contributed by atoms with Gasteiger partial charge in [-0.2, -0.15) is 5.10 Å². The lowest BCUT2D eigenvalue weighted by molar-refractivity contribution is -0.120. The first-order valence-corrected chi connectivity index (χ1v) is 9.41. The van der Waals surface area contributed by atoms with E-state index in [9.17, 15) is 4.79 Å². The lowest BCUT2D eigenvalue weighted by Gasteiger charge is -2.02. The van der Waals surface area contributed by atoms with Crippen LogP contribution in [0.15, 0.2) is 58.3 Å². The van der Waals surface area contributed by atoms with E-state index in [4.69, 9.17) is 0 Å². The highest BCUT2D eigenvalue weighted by Crippen LogP contribution is 2.21. The Morgan fingerprint density at radius 1 is 1.17 bits per heavy atom. The molecule has 0 saturated carbocycles. The normalized spacial score (nSPS) is 11.5. The molecule has 1 N–H and O–H groups in total. The molecule has 0 radical (unpaired) electrons. The Hall–Kier alpha value is -2.31. The molecule has 24 heavy (non-hydrogen) atoms. The van der Waals surface area contributed by atoms with E-state index in [0.29, 0.717) is 0 Å². The molecule has 6 heteroatoms. The third-order valence-corrected chi connectivity index (χ3v) is 5.16. The fraction of sp³-hybridized carbons (Fsp3) is 0.167. The molecular formula is C18H17N3OS2. The number of carbonyl (C=O) groups is 1. The summed E-state index contributed by atoms with van der Waals surface area (Å²) in [6.45, 7) is 2.03. The second kappa shape index (κ2) is 7.99. The standard InChI is InChI=1S/C18H17N3OS2/c1-2-14(16-9-6-10-23-16)20-21-17(22)11-18-19-15(12-24-18)13-7-4-3-5-8-13/h3-10,12H,2,11H2,1H3,(H,21,22)/b20-14-. The number of hydrogen-bond acceptors (Lipinski definition) is 5. The zero-order valence-electron chi connectivity index (χ0n) is 13.2. The summed E-state index contributed by atoms with van der Waals surface area (Å²) in [6.07, 6.45) is 1.01. The molecule has 1 amide bonds. The summed E-state index contributed by atoms with van der Waals surface area (Å²) in [5.74, 6) is -0.147. The Labute approximate surface area is 148 Å². The molecule has 0 unspecified atom stereocenters. The van der Waals surface area contributed by atoms with Crippen LogP contribution in [0, 0.1) is 0 Å². The lowest BCUT2D eigenvalue weighted by Crippen LogP contribution is -2.21. The van der Waals surface area contributed by atoms with Gasteiger partial charge in [0.25, 0.3) is 0 Å². The van der Waals surface area contributed by atoms with Crippen LogP contribution in [0.2, 0.25) is 0 Å². The van der Waals surface area contributed by atoms with Crippen molar-refractivity contribution in [2.75, 3.05) is 0 Å². The van der Waals surface area contributed by atoms with Crippen LogP contribution in [0.3, 0.4) is 0 Å². The third kappa shape index (κ3) is 4.15. The maximum atomic E-state index is 12.1. The van der Waals surface area contributed by atoms with Crippen LogP contribution in [0.1, 0.15) is 23.2 Å². The lowest BCUT2D eigenvalue weighted by atomic mass is 10.2. The molecule has 0 spiro atoms. The third-order valence-electron chi connectivity index (χ3n) is 3.39. The number of carbonyl (C=O) groups excluding carboxylic acids is 1. The average molecular weight is 355 g/mol. The number of nitrogens with one attached hydrogen (secondary N) is 1. The first kappa shape index (κ1) is 16.5. The monoisotopic (exact) mass is 355 g/mol. The van der Waals surface area contributed by atoms with Gasteiger partial charge in [0.1, 0.15) is 5.01 Å². The summed E-state index contributed by atoms with van der Waals surface area (Å²) >= 11 is 3.11. The number of hydrazone groups is 1. The summed E-state index contributed by atoms with van der Waals surface area (Å²) in [5.41, 5.74) is 5.50. The van der Waals surface area contributed by atoms with Gasteiger partial charge >= 0.3 is 0 Å². The molecule has 0 bridgehead atoms. The minimum absolute atomic E-state index is 0.147. The largest absolute Gasteiger partial charge is 0.273 e. The highest BCUT2D eigenvalue weighted by atomic mass is 32.1. The van der Waals surface area contributed by atoms with E-state index in [1.54, 1.807) is 11.3 Å². The van der Waals surface area contributed by atoms with Crippen LogP contribution in [-0.4, -0.2) is 16.6 Å². The molecule has 0 aliphatic rings. The van der Waals surface area contributed by atoms with Gasteiger partial charge in [-0.15, -0.1) is 22.7 Å². The fourth-order valence-corrected chi connectivity index (χ4v) is 3.78. The van der Waals surface area contributed by atoms with Gasteiger partial charge < -0.3 is 0 Å². The maximum absolute atomic E-state index is 12.1. The number of thiazole rings is 1. The van der Waals surface area contributed by atoms with Crippen molar-refractivity contribution in [1.82, 2.24) is 10.4 Å². The Balaban J connectivity index is 1.62. The minimum Gasteiger partial charge on any atom is -0.273 e. The predicted molar refractivity (Wildman–Crippen MR) is 101 cm³/mol. The molecule has 122 valence electrons. The van der Waals surface area contributed by atoms with E-state index in [-0.39, 0.29) is 12.3 Å². The Bertz CT molecular complexity index is 823. The van der Waals surface area contributed by atoms with Crippen LogP contribution in [0.4, 0.5) is 0 Å². The van der Waals surface area contributed by atoms with Gasteiger partial charge in [0, 0.05) is 10.9 Å². The molecule has 0 atom stereocenters. The SMILES string of the molecule is CC/C(=N/NC(=O)Cc1nc(-c2ccccc2)cs1)c1cccs1. The molecule has 0 aliphatic carbocycles. The van der Waals surface area contributed by atoms with E-state index in [2.05, 4.69) is 15.5 Å². The summed E-state index contributed by atoms with van der Waals surface area (Å²) in [4.78, 5) is 17.7. The number of amides is 1. The van der Waals surface area contributed by atoms with E-state index < -0.39 is 0 Å². The van der Waals surface area contributed by atoms with Crippen molar-refractivity contribution in [3.05, 3.63) is 63.1 Å². The van der Waals surface area contributed by atoms with Crippen molar-refractivity contribution in [3.63, 3.8) is 0 Å². The summed E-state index contributed by atoms with van der Waals surface area (Å²) in [7, 11) is 0. The van der Waals surface area contributed by atoms with Gasteiger partial charge in [-0.05, 0) is 17.9 Å². The molecule has 0 saturated heterocycles. The number of rotatable bonds is 6. The highest BCUT2D eigenvalue weighted by molar-refractivity contribution is 7.12. The summed E-state index contributed by atoms with van der Waals surface area (Å²) < 4.78 is 0. The van der Waals surface area contributed by atoms with Gasteiger partial charge in [-0.1, -0.05) is 43.3 Å². The van der Waals surface area contributed by atoms with E-state index in [1.165, 1.54) is 11.3 Å². The van der Waals surface area contributed by atoms with Crippen molar-refractivity contribution >= 4 is 34.3 Å². The van der Waals surface area contributed by atoms with Crippen molar-refractivity contribution in [2.45, 2.75) is 19.8 Å². The Morgan fingerprint density at radius 2 is 2.00 bits per heavy atom. The fourth-order valence-electron chi connectivity index (χ4n) is 2.19. The molecule has 1 aromatic carbocycles. The molecule has 2 aromatic heterocycles. The second-order valence-electron chi connectivity index (χ2n) is 5.09. The smallest absolute Gasteiger partial charge is 0.246 e. The quantitative estimate of drug-likeness (QED) is 0.528. The van der Waals surface area contributed by atoms with Gasteiger partial charge in [0.15, 0.2) is 0 Å². The Kier molecular flexibility index (Phi) is 5.51. The number of benzene rings is 1. The van der Waals surface area contributed by atoms with Crippen LogP contribution in [0.5, 0.6) is 0 Å². The predicted octanol–water partition coefficient (Wildman–Crippen LogP) is 4.34. The topological polar surface area (TPSA) is 54.4 Å². The van der Waals surface area contributed by atoms with Crippen LogP contribution in [-0.2, 0) is 11.2 Å².